The molecule has 0 saturated carbocycles. The topological polar surface area (TPSA) is 15.0 Å². The van der Waals surface area contributed by atoms with Gasteiger partial charge in [0.1, 0.15) is 6.54 Å². The molecular formula is C30H37N2+. The molecule has 0 atom stereocenters. The SMILES string of the molecule is C=CC=C.CC.CC[N+]1=C(C=CNc2ccccc2)C(C)(C)c2c1ccc1ccccc21. The lowest BCUT2D eigenvalue weighted by molar-refractivity contribution is -0.433. The first-order chi connectivity index (χ1) is 15.5. The summed E-state index contributed by atoms with van der Waals surface area (Å²) in [5.74, 6) is 0. The lowest BCUT2D eigenvalue weighted by atomic mass is 9.79. The normalized spacial score (nSPS) is 13.5. The Hall–Kier alpha value is -3.39. The Morgan fingerprint density at radius 3 is 2.12 bits per heavy atom. The van der Waals surface area contributed by atoms with Gasteiger partial charge >= 0.3 is 0 Å². The maximum Gasteiger partial charge on any atom is 0.210 e. The third kappa shape index (κ3) is 5.26. The highest BCUT2D eigenvalue weighted by atomic mass is 15.1. The van der Waals surface area contributed by atoms with Crippen LogP contribution in [-0.2, 0) is 5.41 Å². The summed E-state index contributed by atoms with van der Waals surface area (Å²) in [5, 5.41) is 6.05. The molecule has 0 radical (unpaired) electrons. The largest absolute Gasteiger partial charge is 0.361 e. The number of anilines is 1. The third-order valence-electron chi connectivity index (χ3n) is 5.50. The van der Waals surface area contributed by atoms with E-state index >= 15 is 0 Å². The fourth-order valence-corrected chi connectivity index (χ4v) is 4.13. The van der Waals surface area contributed by atoms with Crippen LogP contribution in [0, 0.1) is 0 Å². The van der Waals surface area contributed by atoms with Gasteiger partial charge in [-0.05, 0) is 49.7 Å². The molecule has 0 unspecified atom stereocenters. The van der Waals surface area contributed by atoms with E-state index in [1.807, 2.05) is 32.0 Å². The summed E-state index contributed by atoms with van der Waals surface area (Å²) in [6, 6.07) is 23.5. The van der Waals surface area contributed by atoms with Crippen LogP contribution in [0.2, 0.25) is 0 Å². The molecule has 2 nitrogen and oxygen atoms in total. The first-order valence-corrected chi connectivity index (χ1v) is 11.4. The predicted molar refractivity (Wildman–Crippen MR) is 143 cm³/mol. The Labute approximate surface area is 194 Å². The standard InChI is InChI=1S/C24H24N2.C4H6.C2H6/c1-4-26-21-15-14-18-10-8-9-13-20(18)23(21)24(2,3)22(26)16-17-25-19-11-6-5-7-12-19;1-3-4-2;1-2/h5-17H,4H2,1-3H3;3-4H,1-2H2;1-2H3/p+1. The summed E-state index contributed by atoms with van der Waals surface area (Å²) < 4.78 is 2.44. The summed E-state index contributed by atoms with van der Waals surface area (Å²) >= 11 is 0. The van der Waals surface area contributed by atoms with Crippen LogP contribution in [0.1, 0.15) is 40.2 Å². The molecule has 3 aromatic rings. The number of benzene rings is 3. The number of fused-ring (bicyclic) bond motifs is 3. The third-order valence-corrected chi connectivity index (χ3v) is 5.50. The Morgan fingerprint density at radius 1 is 0.875 bits per heavy atom. The molecule has 0 saturated heterocycles. The van der Waals surface area contributed by atoms with Crippen LogP contribution in [0.5, 0.6) is 0 Å². The van der Waals surface area contributed by atoms with Gasteiger partial charge in [0.15, 0.2) is 5.71 Å². The van der Waals surface area contributed by atoms with Crippen molar-refractivity contribution in [3.63, 3.8) is 0 Å². The minimum Gasteiger partial charge on any atom is -0.361 e. The first-order valence-electron chi connectivity index (χ1n) is 11.4. The molecule has 0 amide bonds. The zero-order valence-corrected chi connectivity index (χ0v) is 20.2. The fraction of sp³-hybridized carbons (Fsp3) is 0.233. The maximum absolute atomic E-state index is 3.39. The Morgan fingerprint density at radius 2 is 1.50 bits per heavy atom. The zero-order valence-electron chi connectivity index (χ0n) is 20.2. The van der Waals surface area contributed by atoms with E-state index in [1.54, 1.807) is 12.2 Å². The van der Waals surface area contributed by atoms with Crippen molar-refractivity contribution in [3.05, 3.63) is 110 Å². The van der Waals surface area contributed by atoms with Crippen LogP contribution in [-0.4, -0.2) is 16.8 Å². The van der Waals surface area contributed by atoms with E-state index in [9.17, 15) is 0 Å². The van der Waals surface area contributed by atoms with Gasteiger partial charge in [0.25, 0.3) is 0 Å². The van der Waals surface area contributed by atoms with Crippen molar-refractivity contribution in [2.45, 2.75) is 40.0 Å². The molecule has 1 heterocycles. The molecule has 1 aliphatic heterocycles. The number of rotatable bonds is 5. The van der Waals surface area contributed by atoms with Crippen LogP contribution in [0.15, 0.2) is 104 Å². The van der Waals surface area contributed by atoms with Crippen molar-refractivity contribution in [1.82, 2.24) is 0 Å². The number of allylic oxidation sites excluding steroid dienone is 3. The van der Waals surface area contributed by atoms with Crippen molar-refractivity contribution in [2.75, 3.05) is 11.9 Å². The number of hydrogen-bond donors (Lipinski definition) is 1. The van der Waals surface area contributed by atoms with Gasteiger partial charge in [0.05, 0.1) is 5.41 Å². The van der Waals surface area contributed by atoms with E-state index in [2.05, 4.69) is 105 Å². The molecule has 4 rings (SSSR count). The van der Waals surface area contributed by atoms with Crippen LogP contribution in [0.3, 0.4) is 0 Å². The monoisotopic (exact) mass is 425 g/mol. The molecule has 0 aromatic heterocycles. The van der Waals surface area contributed by atoms with E-state index in [0.717, 1.165) is 12.2 Å². The molecule has 1 aliphatic rings. The van der Waals surface area contributed by atoms with Gasteiger partial charge in [-0.25, -0.2) is 0 Å². The van der Waals surface area contributed by atoms with Crippen LogP contribution < -0.4 is 5.32 Å². The number of nitrogens with one attached hydrogen (secondary N) is 1. The minimum atomic E-state index is -0.0406. The Bertz CT molecular complexity index is 1100. The van der Waals surface area contributed by atoms with Gasteiger partial charge < -0.3 is 5.32 Å². The van der Waals surface area contributed by atoms with E-state index < -0.39 is 0 Å². The first kappa shape index (κ1) is 24.9. The number of hydrogen-bond acceptors (Lipinski definition) is 1. The quantitative estimate of drug-likeness (QED) is 0.321. The Kier molecular flexibility index (Phi) is 9.22. The van der Waals surface area contributed by atoms with Crippen LogP contribution >= 0.6 is 0 Å². The molecule has 0 spiro atoms. The van der Waals surface area contributed by atoms with Crippen molar-refractivity contribution in [1.29, 1.82) is 0 Å². The van der Waals surface area contributed by atoms with Gasteiger partial charge in [-0.3, -0.25) is 0 Å². The smallest absolute Gasteiger partial charge is 0.210 e. The summed E-state index contributed by atoms with van der Waals surface area (Å²) in [5.41, 5.74) is 5.15. The second-order valence-corrected chi connectivity index (χ2v) is 7.75. The lowest BCUT2D eigenvalue weighted by Crippen LogP contribution is -2.28. The summed E-state index contributed by atoms with van der Waals surface area (Å²) in [4.78, 5) is 0. The fourth-order valence-electron chi connectivity index (χ4n) is 4.13. The molecule has 2 heteroatoms. The van der Waals surface area contributed by atoms with Gasteiger partial charge in [-0.2, -0.15) is 4.58 Å². The van der Waals surface area contributed by atoms with Gasteiger partial charge in [-0.1, -0.05) is 81.6 Å². The van der Waals surface area contributed by atoms with Crippen LogP contribution in [0.4, 0.5) is 11.4 Å². The van der Waals surface area contributed by atoms with Crippen molar-refractivity contribution < 1.29 is 4.58 Å². The summed E-state index contributed by atoms with van der Waals surface area (Å²) in [7, 11) is 0. The zero-order chi connectivity index (χ0) is 23.6. The lowest BCUT2D eigenvalue weighted by Gasteiger charge is -2.17. The molecule has 0 fully saturated rings. The van der Waals surface area contributed by atoms with E-state index in [4.69, 9.17) is 0 Å². The Balaban J connectivity index is 0.000000547. The number of para-hydroxylation sites is 1. The van der Waals surface area contributed by atoms with Gasteiger partial charge in [-0.15, -0.1) is 0 Å². The molecular weight excluding hydrogens is 388 g/mol. The second kappa shape index (κ2) is 11.9. The van der Waals surface area contributed by atoms with Crippen molar-refractivity contribution >= 4 is 27.9 Å². The molecule has 32 heavy (non-hydrogen) atoms. The van der Waals surface area contributed by atoms with E-state index in [0.29, 0.717) is 0 Å². The van der Waals surface area contributed by atoms with E-state index in [-0.39, 0.29) is 5.41 Å². The van der Waals surface area contributed by atoms with Gasteiger partial charge in [0, 0.05) is 29.6 Å². The average molecular weight is 426 g/mol. The van der Waals surface area contributed by atoms with Crippen molar-refractivity contribution in [3.8, 4) is 0 Å². The van der Waals surface area contributed by atoms with Crippen LogP contribution in [0.25, 0.3) is 10.8 Å². The molecule has 0 bridgehead atoms. The molecule has 1 N–H and O–H groups in total. The highest BCUT2D eigenvalue weighted by Gasteiger charge is 2.44. The van der Waals surface area contributed by atoms with Crippen molar-refractivity contribution in [2.24, 2.45) is 0 Å². The molecule has 3 aromatic carbocycles. The average Bonchev–Trinajstić information content (AvgIpc) is 3.07. The summed E-state index contributed by atoms with van der Waals surface area (Å²) in [6.45, 7) is 18.6. The predicted octanol–water partition coefficient (Wildman–Crippen LogP) is 8.25. The number of nitrogens with zero attached hydrogens (tertiary/aromatic N) is 1. The van der Waals surface area contributed by atoms with E-state index in [1.165, 1.54) is 27.7 Å². The highest BCUT2D eigenvalue weighted by molar-refractivity contribution is 6.07. The maximum atomic E-state index is 3.39. The van der Waals surface area contributed by atoms with Gasteiger partial charge in [0.2, 0.25) is 5.69 Å². The summed E-state index contributed by atoms with van der Waals surface area (Å²) in [6.07, 6.45) is 7.56. The molecule has 166 valence electrons. The minimum absolute atomic E-state index is 0.0406. The second-order valence-electron chi connectivity index (χ2n) is 7.75. The molecule has 0 aliphatic carbocycles. The highest BCUT2D eigenvalue weighted by Crippen LogP contribution is 2.44.